The second-order valence-corrected chi connectivity index (χ2v) is 7.22. The van der Waals surface area contributed by atoms with Gasteiger partial charge >= 0.3 is 0 Å². The number of anilines is 2. The Kier molecular flexibility index (Phi) is 5.07. The van der Waals surface area contributed by atoms with Crippen LogP contribution in [0.3, 0.4) is 0 Å². The highest BCUT2D eigenvalue weighted by molar-refractivity contribution is 6.04. The van der Waals surface area contributed by atoms with E-state index in [2.05, 4.69) is 15.7 Å². The summed E-state index contributed by atoms with van der Waals surface area (Å²) in [6.45, 7) is 1.74. The number of nitrogens with one attached hydrogen (secondary N) is 2. The maximum Gasteiger partial charge on any atom is 0.293 e. The lowest BCUT2D eigenvalue weighted by Crippen LogP contribution is -2.16. The third-order valence-electron chi connectivity index (χ3n) is 4.77. The lowest BCUT2D eigenvalue weighted by molar-refractivity contribution is -0.384. The molecule has 0 unspecified atom stereocenters. The Balaban J connectivity index is 1.59. The van der Waals surface area contributed by atoms with E-state index < -0.39 is 15.8 Å². The molecule has 0 radical (unpaired) electrons. The molecule has 11 nitrogen and oxygen atoms in total. The molecule has 1 heterocycles. The van der Waals surface area contributed by atoms with E-state index >= 15 is 0 Å². The Morgan fingerprint density at radius 2 is 1.77 bits per heavy atom. The summed E-state index contributed by atoms with van der Waals surface area (Å²) in [5.41, 5.74) is 1.41. The quantitative estimate of drug-likeness (QED) is 0.435. The van der Waals surface area contributed by atoms with Crippen LogP contribution in [0.4, 0.5) is 22.9 Å². The van der Waals surface area contributed by atoms with Crippen LogP contribution in [0.15, 0.2) is 48.5 Å². The third-order valence-corrected chi connectivity index (χ3v) is 4.77. The molecule has 158 valence electrons. The Morgan fingerprint density at radius 3 is 2.39 bits per heavy atom. The zero-order chi connectivity index (χ0) is 22.1. The van der Waals surface area contributed by atoms with Gasteiger partial charge in [0.15, 0.2) is 0 Å². The van der Waals surface area contributed by atoms with Crippen LogP contribution in [0.1, 0.15) is 28.9 Å². The van der Waals surface area contributed by atoms with E-state index in [9.17, 15) is 25.0 Å². The van der Waals surface area contributed by atoms with Crippen molar-refractivity contribution in [1.82, 2.24) is 9.78 Å². The monoisotopic (exact) mass is 422 g/mol. The number of amides is 1. The van der Waals surface area contributed by atoms with Gasteiger partial charge < -0.3 is 10.6 Å². The number of aryl methyl sites for hydroxylation is 1. The molecule has 1 amide bonds. The van der Waals surface area contributed by atoms with Crippen molar-refractivity contribution in [2.75, 3.05) is 10.6 Å². The Bertz CT molecular complexity index is 1180. The number of nitro benzene ring substituents is 2. The van der Waals surface area contributed by atoms with Crippen molar-refractivity contribution in [3.63, 3.8) is 0 Å². The summed E-state index contributed by atoms with van der Waals surface area (Å²) in [6.07, 6.45) is 1.93. The summed E-state index contributed by atoms with van der Waals surface area (Å²) in [5, 5.41) is 32.4. The minimum Gasteiger partial charge on any atom is -0.377 e. The Hall–Kier alpha value is -4.28. The molecule has 4 rings (SSSR count). The van der Waals surface area contributed by atoms with E-state index in [-0.39, 0.29) is 23.0 Å². The number of aromatic nitrogens is 2. The van der Waals surface area contributed by atoms with Gasteiger partial charge in [-0.15, -0.1) is 0 Å². The summed E-state index contributed by atoms with van der Waals surface area (Å²) < 4.78 is 1.44. The molecular formula is C20H18N6O5. The first-order valence-corrected chi connectivity index (χ1v) is 9.49. The standard InChI is InChI=1S/C20H18N6O5/c1-12-10-19(24(23-12)15-5-7-16(8-6-15)25(28)29)22-20(27)13-2-9-17(21-14-3-4-14)18(11-13)26(30)31/h2,5-11,14,21H,3-4H2,1H3,(H,22,27). The minimum absolute atomic E-state index is 0.0644. The number of hydrogen-bond donors (Lipinski definition) is 2. The van der Waals surface area contributed by atoms with Gasteiger partial charge in [-0.1, -0.05) is 0 Å². The lowest BCUT2D eigenvalue weighted by atomic mass is 10.1. The van der Waals surface area contributed by atoms with E-state index in [0.29, 0.717) is 22.9 Å². The van der Waals surface area contributed by atoms with Gasteiger partial charge in [0.2, 0.25) is 0 Å². The summed E-state index contributed by atoms with van der Waals surface area (Å²) in [4.78, 5) is 34.1. The van der Waals surface area contributed by atoms with Crippen molar-refractivity contribution in [3.8, 4) is 5.69 Å². The van der Waals surface area contributed by atoms with Gasteiger partial charge in [0.25, 0.3) is 17.3 Å². The number of nitrogens with zero attached hydrogens (tertiary/aromatic N) is 4. The van der Waals surface area contributed by atoms with Crippen LogP contribution in [-0.4, -0.2) is 31.6 Å². The highest BCUT2D eigenvalue weighted by Gasteiger charge is 2.26. The van der Waals surface area contributed by atoms with Gasteiger partial charge in [-0.05, 0) is 44.0 Å². The zero-order valence-electron chi connectivity index (χ0n) is 16.4. The number of rotatable bonds is 7. The second-order valence-electron chi connectivity index (χ2n) is 7.22. The molecule has 31 heavy (non-hydrogen) atoms. The molecule has 11 heteroatoms. The zero-order valence-corrected chi connectivity index (χ0v) is 16.4. The van der Waals surface area contributed by atoms with Crippen LogP contribution in [-0.2, 0) is 0 Å². The maximum absolute atomic E-state index is 12.8. The molecule has 1 aliphatic rings. The summed E-state index contributed by atoms with van der Waals surface area (Å²) in [6, 6.07) is 11.9. The van der Waals surface area contributed by atoms with Crippen molar-refractivity contribution in [1.29, 1.82) is 0 Å². The first-order valence-electron chi connectivity index (χ1n) is 9.49. The van der Waals surface area contributed by atoms with Gasteiger partial charge in [0.1, 0.15) is 11.5 Å². The maximum atomic E-state index is 12.8. The number of carbonyl (C=O) groups is 1. The highest BCUT2D eigenvalue weighted by Crippen LogP contribution is 2.32. The van der Waals surface area contributed by atoms with Gasteiger partial charge in [-0.3, -0.25) is 25.0 Å². The molecule has 1 aliphatic carbocycles. The van der Waals surface area contributed by atoms with Crippen LogP contribution in [0, 0.1) is 27.2 Å². The molecule has 0 spiro atoms. The van der Waals surface area contributed by atoms with Crippen LogP contribution in [0.5, 0.6) is 0 Å². The molecule has 1 aromatic heterocycles. The normalized spacial score (nSPS) is 12.9. The van der Waals surface area contributed by atoms with Crippen molar-refractivity contribution >= 4 is 28.8 Å². The number of hydrogen-bond acceptors (Lipinski definition) is 7. The Labute approximate surface area is 176 Å². The number of nitro groups is 2. The fraction of sp³-hybridized carbons (Fsp3) is 0.200. The Morgan fingerprint density at radius 1 is 1.06 bits per heavy atom. The number of non-ortho nitro benzene ring substituents is 1. The largest absolute Gasteiger partial charge is 0.377 e. The first kappa shape index (κ1) is 20.0. The lowest BCUT2D eigenvalue weighted by Gasteiger charge is -2.10. The van der Waals surface area contributed by atoms with Gasteiger partial charge in [-0.2, -0.15) is 5.10 Å². The van der Waals surface area contributed by atoms with E-state index in [4.69, 9.17) is 0 Å². The van der Waals surface area contributed by atoms with Gasteiger partial charge in [0.05, 0.1) is 21.2 Å². The van der Waals surface area contributed by atoms with Crippen LogP contribution in [0.2, 0.25) is 0 Å². The molecule has 2 aromatic carbocycles. The van der Waals surface area contributed by atoms with Crippen LogP contribution < -0.4 is 10.6 Å². The average Bonchev–Trinajstić information content (AvgIpc) is 3.48. The predicted octanol–water partition coefficient (Wildman–Crippen LogP) is 3.82. The third kappa shape index (κ3) is 4.34. The fourth-order valence-electron chi connectivity index (χ4n) is 3.08. The summed E-state index contributed by atoms with van der Waals surface area (Å²) >= 11 is 0. The second kappa shape index (κ2) is 7.86. The SMILES string of the molecule is Cc1cc(NC(=O)c2ccc(NC3CC3)c([N+](=O)[O-])c2)n(-c2ccc([N+](=O)[O-])cc2)n1. The van der Waals surface area contributed by atoms with Gasteiger partial charge in [0, 0.05) is 35.9 Å². The first-order chi connectivity index (χ1) is 14.8. The number of carbonyl (C=O) groups excluding carboxylic acids is 1. The smallest absolute Gasteiger partial charge is 0.293 e. The van der Waals surface area contributed by atoms with Crippen molar-refractivity contribution in [2.24, 2.45) is 0 Å². The molecule has 0 bridgehead atoms. The molecule has 1 fully saturated rings. The van der Waals surface area contributed by atoms with Crippen LogP contribution in [0.25, 0.3) is 5.69 Å². The topological polar surface area (TPSA) is 145 Å². The van der Waals surface area contributed by atoms with Crippen molar-refractivity contribution in [3.05, 3.63) is 80.0 Å². The molecule has 0 atom stereocenters. The molecule has 2 N–H and O–H groups in total. The minimum atomic E-state index is -0.538. The molecule has 0 saturated heterocycles. The van der Waals surface area contributed by atoms with E-state index in [0.717, 1.165) is 12.8 Å². The highest BCUT2D eigenvalue weighted by atomic mass is 16.6. The van der Waals surface area contributed by atoms with E-state index in [1.807, 2.05) is 0 Å². The molecule has 3 aromatic rings. The fourth-order valence-corrected chi connectivity index (χ4v) is 3.08. The summed E-state index contributed by atoms with van der Waals surface area (Å²) in [7, 11) is 0. The molecule has 1 saturated carbocycles. The van der Waals surface area contributed by atoms with Crippen molar-refractivity contribution in [2.45, 2.75) is 25.8 Å². The molecular weight excluding hydrogens is 404 g/mol. The summed E-state index contributed by atoms with van der Waals surface area (Å²) in [5.74, 6) is -0.205. The predicted molar refractivity (Wildman–Crippen MR) is 113 cm³/mol. The van der Waals surface area contributed by atoms with Crippen molar-refractivity contribution < 1.29 is 14.6 Å². The molecule has 0 aliphatic heterocycles. The van der Waals surface area contributed by atoms with Crippen LogP contribution >= 0.6 is 0 Å². The van der Waals surface area contributed by atoms with Gasteiger partial charge in [-0.25, -0.2) is 4.68 Å². The van der Waals surface area contributed by atoms with E-state index in [1.165, 1.54) is 47.1 Å². The number of benzene rings is 2. The van der Waals surface area contributed by atoms with E-state index in [1.54, 1.807) is 13.0 Å². The average molecular weight is 422 g/mol.